The predicted octanol–water partition coefficient (Wildman–Crippen LogP) is 5.85. The topological polar surface area (TPSA) is 12.9 Å². The fourth-order valence-corrected chi connectivity index (χ4v) is 3.85. The summed E-state index contributed by atoms with van der Waals surface area (Å²) in [6.07, 6.45) is 0. The molecule has 0 fully saturated rings. The normalized spacial score (nSPS) is 11.0. The van der Waals surface area contributed by atoms with E-state index in [1.165, 1.54) is 10.8 Å². The SMILES string of the molecule is S=c1sc(-c2cccc3ccccc23)nc2ccccc12. The van der Waals surface area contributed by atoms with E-state index in [4.69, 9.17) is 17.2 Å². The third-order valence-electron chi connectivity index (χ3n) is 3.56. The van der Waals surface area contributed by atoms with Crippen molar-refractivity contribution >= 4 is 45.2 Å². The number of hydrogen-bond donors (Lipinski definition) is 0. The zero-order valence-corrected chi connectivity index (χ0v) is 12.7. The average molecular weight is 305 g/mol. The van der Waals surface area contributed by atoms with E-state index < -0.39 is 0 Å². The number of fused-ring (bicyclic) bond motifs is 2. The van der Waals surface area contributed by atoms with Gasteiger partial charge in [-0.2, -0.15) is 0 Å². The average Bonchev–Trinajstić information content (AvgIpc) is 2.54. The van der Waals surface area contributed by atoms with Crippen LogP contribution in [0.4, 0.5) is 0 Å². The van der Waals surface area contributed by atoms with E-state index in [1.54, 1.807) is 11.3 Å². The molecule has 100 valence electrons. The highest BCUT2D eigenvalue weighted by molar-refractivity contribution is 7.74. The van der Waals surface area contributed by atoms with Gasteiger partial charge in [0.15, 0.2) is 0 Å². The number of aromatic nitrogens is 1. The molecule has 0 spiro atoms. The van der Waals surface area contributed by atoms with Gasteiger partial charge >= 0.3 is 0 Å². The van der Waals surface area contributed by atoms with E-state index in [0.29, 0.717) is 0 Å². The molecule has 0 saturated heterocycles. The van der Waals surface area contributed by atoms with E-state index in [0.717, 1.165) is 25.3 Å². The van der Waals surface area contributed by atoms with Crippen molar-refractivity contribution in [3.05, 3.63) is 70.6 Å². The molecule has 0 N–H and O–H groups in total. The van der Waals surface area contributed by atoms with Crippen molar-refractivity contribution in [2.45, 2.75) is 0 Å². The van der Waals surface area contributed by atoms with Gasteiger partial charge < -0.3 is 0 Å². The Hall–Kier alpha value is -2.10. The molecule has 3 aromatic carbocycles. The van der Waals surface area contributed by atoms with Crippen molar-refractivity contribution in [2.24, 2.45) is 0 Å². The van der Waals surface area contributed by atoms with Crippen LogP contribution in [0.15, 0.2) is 66.7 Å². The molecular formula is C18H11NS2. The highest BCUT2D eigenvalue weighted by Gasteiger charge is 2.07. The van der Waals surface area contributed by atoms with Crippen LogP contribution in [0, 0.1) is 3.82 Å². The van der Waals surface area contributed by atoms with Crippen molar-refractivity contribution in [3.63, 3.8) is 0 Å². The Balaban J connectivity index is 2.07. The summed E-state index contributed by atoms with van der Waals surface area (Å²) in [5.74, 6) is 0. The molecule has 0 aliphatic rings. The van der Waals surface area contributed by atoms with Gasteiger partial charge in [0.05, 0.1) is 5.52 Å². The summed E-state index contributed by atoms with van der Waals surface area (Å²) in [5, 5.41) is 4.48. The lowest BCUT2D eigenvalue weighted by Crippen LogP contribution is -1.85. The maximum absolute atomic E-state index is 5.54. The first-order valence-corrected chi connectivity index (χ1v) is 7.93. The Morgan fingerprint density at radius 1 is 0.762 bits per heavy atom. The van der Waals surface area contributed by atoms with E-state index >= 15 is 0 Å². The van der Waals surface area contributed by atoms with Gasteiger partial charge in [-0.1, -0.05) is 72.9 Å². The number of nitrogens with zero attached hydrogens (tertiary/aromatic N) is 1. The third-order valence-corrected chi connectivity index (χ3v) is 4.94. The summed E-state index contributed by atoms with van der Waals surface area (Å²) in [6, 6.07) is 22.8. The summed E-state index contributed by atoms with van der Waals surface area (Å²) in [5.41, 5.74) is 2.11. The Labute approximate surface area is 131 Å². The molecule has 1 aromatic heterocycles. The molecule has 0 radical (unpaired) electrons. The van der Waals surface area contributed by atoms with Crippen molar-refractivity contribution in [2.75, 3.05) is 0 Å². The maximum atomic E-state index is 5.54. The minimum absolute atomic E-state index is 0.892. The van der Waals surface area contributed by atoms with Gasteiger partial charge in [-0.3, -0.25) is 0 Å². The van der Waals surface area contributed by atoms with Gasteiger partial charge in [0.1, 0.15) is 8.83 Å². The minimum Gasteiger partial charge on any atom is -0.237 e. The van der Waals surface area contributed by atoms with E-state index in [9.17, 15) is 0 Å². The molecule has 0 aliphatic heterocycles. The van der Waals surface area contributed by atoms with Crippen LogP contribution in [0.2, 0.25) is 0 Å². The first-order valence-electron chi connectivity index (χ1n) is 6.71. The number of para-hydroxylation sites is 1. The van der Waals surface area contributed by atoms with Crippen molar-refractivity contribution in [1.29, 1.82) is 0 Å². The second kappa shape index (κ2) is 5.02. The van der Waals surface area contributed by atoms with Gasteiger partial charge in [0.2, 0.25) is 0 Å². The van der Waals surface area contributed by atoms with Crippen LogP contribution in [0.1, 0.15) is 0 Å². The standard InChI is InChI=1S/C18H11NS2/c20-18-15-9-3-4-11-16(15)19-17(21-18)14-10-5-7-12-6-1-2-8-13(12)14/h1-11H. The molecule has 0 aliphatic carbocycles. The molecule has 4 rings (SSSR count). The first-order chi connectivity index (χ1) is 10.3. The van der Waals surface area contributed by atoms with Crippen LogP contribution in [0.3, 0.4) is 0 Å². The van der Waals surface area contributed by atoms with Crippen LogP contribution >= 0.6 is 23.6 Å². The molecule has 21 heavy (non-hydrogen) atoms. The second-order valence-electron chi connectivity index (χ2n) is 4.85. The smallest absolute Gasteiger partial charge is 0.125 e. The Morgan fingerprint density at radius 2 is 1.48 bits per heavy atom. The zero-order chi connectivity index (χ0) is 14.2. The molecule has 0 saturated carbocycles. The summed E-state index contributed by atoms with van der Waals surface area (Å²) in [6.45, 7) is 0. The van der Waals surface area contributed by atoms with Gasteiger partial charge in [0.25, 0.3) is 0 Å². The molecule has 4 aromatic rings. The minimum atomic E-state index is 0.892. The highest BCUT2D eigenvalue weighted by atomic mass is 32.1. The van der Waals surface area contributed by atoms with E-state index in [1.807, 2.05) is 24.3 Å². The van der Waals surface area contributed by atoms with Crippen molar-refractivity contribution in [3.8, 4) is 10.6 Å². The van der Waals surface area contributed by atoms with Gasteiger partial charge in [-0.05, 0) is 16.8 Å². The van der Waals surface area contributed by atoms with Crippen molar-refractivity contribution in [1.82, 2.24) is 4.98 Å². The molecular weight excluding hydrogens is 294 g/mol. The summed E-state index contributed by atoms with van der Waals surface area (Å²) in [7, 11) is 0. The van der Waals surface area contributed by atoms with Gasteiger partial charge in [-0.25, -0.2) is 4.98 Å². The molecule has 0 bridgehead atoms. The van der Waals surface area contributed by atoms with Crippen LogP contribution in [0.25, 0.3) is 32.2 Å². The van der Waals surface area contributed by atoms with Crippen LogP contribution in [-0.2, 0) is 0 Å². The Morgan fingerprint density at radius 3 is 2.38 bits per heavy atom. The number of rotatable bonds is 1. The number of hydrogen-bond acceptors (Lipinski definition) is 3. The molecule has 1 heterocycles. The van der Waals surface area contributed by atoms with Crippen molar-refractivity contribution < 1.29 is 0 Å². The lowest BCUT2D eigenvalue weighted by molar-refractivity contribution is 1.46. The lowest BCUT2D eigenvalue weighted by Gasteiger charge is -2.06. The zero-order valence-electron chi connectivity index (χ0n) is 11.1. The molecule has 3 heteroatoms. The van der Waals surface area contributed by atoms with Gasteiger partial charge in [-0.15, -0.1) is 11.3 Å². The number of benzene rings is 3. The van der Waals surface area contributed by atoms with E-state index in [2.05, 4.69) is 42.5 Å². The predicted molar refractivity (Wildman–Crippen MR) is 93.4 cm³/mol. The molecule has 0 amide bonds. The first kappa shape index (κ1) is 12.6. The molecule has 0 atom stereocenters. The maximum Gasteiger partial charge on any atom is 0.125 e. The van der Waals surface area contributed by atoms with Crippen LogP contribution < -0.4 is 0 Å². The second-order valence-corrected chi connectivity index (χ2v) is 6.52. The van der Waals surface area contributed by atoms with E-state index in [-0.39, 0.29) is 0 Å². The highest BCUT2D eigenvalue weighted by Crippen LogP contribution is 2.32. The summed E-state index contributed by atoms with van der Waals surface area (Å²) < 4.78 is 0.892. The lowest BCUT2D eigenvalue weighted by atomic mass is 10.1. The monoisotopic (exact) mass is 305 g/mol. The largest absolute Gasteiger partial charge is 0.237 e. The van der Waals surface area contributed by atoms with Crippen LogP contribution in [-0.4, -0.2) is 4.98 Å². The Bertz CT molecular complexity index is 1010. The molecule has 0 unspecified atom stereocenters. The molecule has 1 nitrogen and oxygen atoms in total. The summed E-state index contributed by atoms with van der Waals surface area (Å²) >= 11 is 7.12. The fraction of sp³-hybridized carbons (Fsp3) is 0. The Kier molecular flexibility index (Phi) is 3.02. The van der Waals surface area contributed by atoms with Crippen LogP contribution in [0.5, 0.6) is 0 Å². The fourth-order valence-electron chi connectivity index (χ4n) is 2.55. The summed E-state index contributed by atoms with van der Waals surface area (Å²) in [4.78, 5) is 4.81. The van der Waals surface area contributed by atoms with Gasteiger partial charge in [0, 0.05) is 10.9 Å². The quantitative estimate of drug-likeness (QED) is 0.409. The third kappa shape index (κ3) is 2.15.